The number of nitrogens with two attached hydrogens (primary N) is 1. The van der Waals surface area contributed by atoms with Gasteiger partial charge in [-0.25, -0.2) is 13.1 Å². The third kappa shape index (κ3) is 8.42. The molecule has 5 N–H and O–H groups in total. The van der Waals surface area contributed by atoms with Gasteiger partial charge in [0.15, 0.2) is 11.9 Å². The van der Waals surface area contributed by atoms with Gasteiger partial charge in [0.1, 0.15) is 5.75 Å². The summed E-state index contributed by atoms with van der Waals surface area (Å²) in [6.45, 7) is 1.43. The summed E-state index contributed by atoms with van der Waals surface area (Å²) in [6.07, 6.45) is -1.06. The number of carbonyl (C=O) groups excluding carboxylic acids is 1. The minimum Gasteiger partial charge on any atom is -0.502 e. The van der Waals surface area contributed by atoms with Gasteiger partial charge < -0.3 is 29.3 Å². The molecule has 0 spiro atoms. The van der Waals surface area contributed by atoms with E-state index < -0.39 is 55.2 Å². The maximum Gasteiger partial charge on any atom is 0.313 e. The van der Waals surface area contributed by atoms with Crippen molar-refractivity contribution in [2.75, 3.05) is 10.5 Å². The van der Waals surface area contributed by atoms with Crippen molar-refractivity contribution in [3.8, 4) is 22.8 Å². The molecule has 5 rings (SSSR count). The van der Waals surface area contributed by atoms with E-state index in [1.165, 1.54) is 6.92 Å². The van der Waals surface area contributed by atoms with Gasteiger partial charge in [0.25, 0.3) is 5.88 Å². The first-order chi connectivity index (χ1) is 21.2. The predicted octanol–water partition coefficient (Wildman–Crippen LogP) is 5.43. The molecule has 2 heterocycles. The summed E-state index contributed by atoms with van der Waals surface area (Å²) >= 11 is 11.6. The molecule has 0 saturated carbocycles. The molecule has 3 aromatic carbocycles. The van der Waals surface area contributed by atoms with E-state index in [4.69, 9.17) is 42.3 Å². The monoisotopic (exact) mass is 696 g/mol. The van der Waals surface area contributed by atoms with E-state index in [2.05, 4.69) is 0 Å². The smallest absolute Gasteiger partial charge is 0.313 e. The van der Waals surface area contributed by atoms with Gasteiger partial charge in [0.05, 0.1) is 5.75 Å². The molecule has 0 amide bonds. The molecule has 1 aromatic heterocycles. The van der Waals surface area contributed by atoms with Gasteiger partial charge in [-0.3, -0.25) is 4.79 Å². The Kier molecular flexibility index (Phi) is 10.2. The van der Waals surface area contributed by atoms with Gasteiger partial charge in [-0.2, -0.15) is 8.42 Å². The van der Waals surface area contributed by atoms with Crippen LogP contribution < -0.4 is 10.5 Å². The average molecular weight is 698 g/mol. The van der Waals surface area contributed by atoms with Gasteiger partial charge in [0.2, 0.25) is 38.9 Å². The van der Waals surface area contributed by atoms with Crippen LogP contribution in [-0.4, -0.2) is 38.6 Å². The normalized spacial score (nSPS) is 14.8. The topological polar surface area (TPSA) is 195 Å². The van der Waals surface area contributed by atoms with Crippen molar-refractivity contribution < 1.29 is 45.2 Å². The molecular weight excluding hydrogens is 671 g/mol. The minimum atomic E-state index is -4.06. The number of sulfonamides is 1. The van der Waals surface area contributed by atoms with Gasteiger partial charge in [0, 0.05) is 21.2 Å². The fraction of sp³-hybridized carbons (Fsp3) is 0.138. The minimum absolute atomic E-state index is 0.0482. The van der Waals surface area contributed by atoms with Crippen molar-refractivity contribution in [3.05, 3.63) is 112 Å². The van der Waals surface area contributed by atoms with E-state index >= 15 is 0 Å². The number of carbonyl (C=O) groups is 1. The number of hydrogen-bond donors (Lipinski definition) is 4. The van der Waals surface area contributed by atoms with Crippen LogP contribution in [0.3, 0.4) is 0 Å². The van der Waals surface area contributed by atoms with Crippen LogP contribution in [0.5, 0.6) is 11.5 Å². The number of furan rings is 1. The third-order valence-electron chi connectivity index (χ3n) is 6.09. The second kappa shape index (κ2) is 13.7. The molecular formula is C29H26Cl2N2O10S2. The van der Waals surface area contributed by atoms with Gasteiger partial charge >= 0.3 is 10.1 Å². The number of ether oxygens (including phenoxy) is 1. The summed E-state index contributed by atoms with van der Waals surface area (Å²) < 4.78 is 64.7. The van der Waals surface area contributed by atoms with Crippen LogP contribution in [0, 0.1) is 0 Å². The largest absolute Gasteiger partial charge is 0.502 e. The Morgan fingerprint density at radius 1 is 0.889 bits per heavy atom. The maximum atomic E-state index is 12.4. The lowest BCUT2D eigenvalue weighted by Crippen LogP contribution is -2.16. The number of aromatic hydroxyl groups is 2. The second-order valence-electron chi connectivity index (χ2n) is 9.35. The van der Waals surface area contributed by atoms with Crippen LogP contribution in [0.15, 0.2) is 94.9 Å². The Bertz CT molecular complexity index is 1930. The van der Waals surface area contributed by atoms with Crippen LogP contribution >= 0.6 is 23.2 Å². The lowest BCUT2D eigenvalue weighted by molar-refractivity contribution is -0.123. The van der Waals surface area contributed by atoms with Crippen molar-refractivity contribution in [1.29, 1.82) is 0 Å². The number of benzene rings is 3. The molecule has 0 fully saturated rings. The molecule has 12 nitrogen and oxygen atoms in total. The van der Waals surface area contributed by atoms with Gasteiger partial charge in [-0.05, 0) is 48.9 Å². The summed E-state index contributed by atoms with van der Waals surface area (Å²) in [5, 5.41) is 20.5. The lowest BCUT2D eigenvalue weighted by atomic mass is 10.1. The second-order valence-corrected chi connectivity index (χ2v) is 13.8. The maximum absolute atomic E-state index is 12.4. The summed E-state index contributed by atoms with van der Waals surface area (Å²) in [6, 6.07) is 21.1. The van der Waals surface area contributed by atoms with E-state index in [9.17, 15) is 31.8 Å². The number of Topliss-reactive ketones (excluding diaryl/α,β-unsaturated/α-hetero) is 1. The summed E-state index contributed by atoms with van der Waals surface area (Å²) in [4.78, 5) is 12.4. The van der Waals surface area contributed by atoms with E-state index in [-0.39, 0.29) is 23.1 Å². The Morgan fingerprint density at radius 2 is 1.47 bits per heavy atom. The molecule has 0 bridgehead atoms. The summed E-state index contributed by atoms with van der Waals surface area (Å²) in [5.41, 5.74) is 7.12. The van der Waals surface area contributed by atoms with Crippen molar-refractivity contribution in [2.24, 2.45) is 5.73 Å². The molecule has 4 aromatic rings. The highest BCUT2D eigenvalue weighted by molar-refractivity contribution is 7.92. The molecule has 0 aliphatic carbocycles. The number of halogens is 2. The highest BCUT2D eigenvalue weighted by atomic mass is 35.5. The number of hydrogen-bond acceptors (Lipinski definition) is 11. The van der Waals surface area contributed by atoms with E-state index in [1.54, 1.807) is 78.9 Å². The van der Waals surface area contributed by atoms with Crippen LogP contribution in [0.1, 0.15) is 24.2 Å². The average Bonchev–Trinajstić information content (AvgIpc) is 3.43. The standard InChI is InChI=1S/C17H14ClNO5S.C12H12ClNO5S/c18-13-8-6-12(7-9-13)15-14(20)16(17(19)23-15)24-25(21,22)10-11-4-2-1-3-5-11;1-2-20(17,18)14-12-10(16)9(15)11(19-12)7-3-5-8(13)6-4-7/h1-9,15H,10,19H2;3-6,14-16H,2H2,1H3. The van der Waals surface area contributed by atoms with E-state index in [0.29, 0.717) is 26.7 Å². The molecule has 45 heavy (non-hydrogen) atoms. The van der Waals surface area contributed by atoms with Crippen LogP contribution in [0.4, 0.5) is 5.88 Å². The van der Waals surface area contributed by atoms with Crippen LogP contribution in [-0.2, 0) is 39.6 Å². The lowest BCUT2D eigenvalue weighted by Gasteiger charge is -2.10. The molecule has 1 atom stereocenters. The number of anilines is 1. The van der Waals surface area contributed by atoms with E-state index in [1.807, 2.05) is 4.72 Å². The Morgan fingerprint density at radius 3 is 2.04 bits per heavy atom. The molecule has 1 unspecified atom stereocenters. The van der Waals surface area contributed by atoms with Crippen molar-refractivity contribution in [3.63, 3.8) is 0 Å². The van der Waals surface area contributed by atoms with Crippen molar-refractivity contribution in [1.82, 2.24) is 0 Å². The fourth-order valence-electron chi connectivity index (χ4n) is 3.84. The first kappa shape index (κ1) is 33.5. The van der Waals surface area contributed by atoms with Gasteiger partial charge in [-0.1, -0.05) is 65.7 Å². The summed E-state index contributed by atoms with van der Waals surface area (Å²) in [7, 11) is -7.68. The highest BCUT2D eigenvalue weighted by Crippen LogP contribution is 2.45. The number of rotatable bonds is 9. The molecule has 238 valence electrons. The first-order valence-corrected chi connectivity index (χ1v) is 16.9. The zero-order valence-electron chi connectivity index (χ0n) is 23.3. The molecule has 1 aliphatic heterocycles. The Balaban J connectivity index is 0.000000210. The van der Waals surface area contributed by atoms with Crippen LogP contribution in [0.25, 0.3) is 11.3 Å². The predicted molar refractivity (Wildman–Crippen MR) is 167 cm³/mol. The third-order valence-corrected chi connectivity index (χ3v) is 8.96. The molecule has 0 saturated heterocycles. The quantitative estimate of drug-likeness (QED) is 0.163. The summed E-state index contributed by atoms with van der Waals surface area (Å²) in [5.74, 6) is -3.77. The highest BCUT2D eigenvalue weighted by Gasteiger charge is 2.39. The van der Waals surface area contributed by atoms with Crippen LogP contribution in [0.2, 0.25) is 10.0 Å². The number of ketones is 1. The van der Waals surface area contributed by atoms with Crippen molar-refractivity contribution in [2.45, 2.75) is 18.8 Å². The zero-order chi connectivity index (χ0) is 32.9. The molecule has 16 heteroatoms. The Hall–Kier alpha value is -4.37. The van der Waals surface area contributed by atoms with E-state index in [0.717, 1.165) is 0 Å². The SMILES string of the molecule is CCS(=O)(=O)Nc1oc(-c2ccc(Cl)cc2)c(O)c1O.NC1=C(OS(=O)(=O)Cc2ccccc2)C(=O)C(c2ccc(Cl)cc2)O1. The molecule has 1 aliphatic rings. The van der Waals surface area contributed by atoms with Crippen molar-refractivity contribution >= 4 is 55.0 Å². The number of nitrogens with one attached hydrogen (secondary N) is 1. The zero-order valence-corrected chi connectivity index (χ0v) is 26.5. The molecule has 0 radical (unpaired) electrons. The fourth-order valence-corrected chi connectivity index (χ4v) is 5.74. The Labute approximate surface area is 268 Å². The first-order valence-electron chi connectivity index (χ1n) is 12.9. The van der Waals surface area contributed by atoms with Gasteiger partial charge in [-0.15, -0.1) is 0 Å².